The molecule has 5 heteroatoms. The molecule has 1 saturated carbocycles. The predicted molar refractivity (Wildman–Crippen MR) is 83.6 cm³/mol. The quantitative estimate of drug-likeness (QED) is 0.838. The molecular formula is C15H24N2O2S. The van der Waals surface area contributed by atoms with Crippen molar-refractivity contribution in [2.75, 3.05) is 17.3 Å². The standard InChI is InChI=1S/C15H24N2O2S/c1-4-11-8-9-12(10(11)2)17-13-6-5-7-14(15(13)16)20(3,18)19/h5-7,10-12,17H,4,8-9,16H2,1-3H3. The minimum Gasteiger partial charge on any atom is -0.396 e. The number of anilines is 2. The first-order chi connectivity index (χ1) is 9.34. The van der Waals surface area contributed by atoms with Gasteiger partial charge in [0.15, 0.2) is 9.84 Å². The van der Waals surface area contributed by atoms with Crippen LogP contribution in [0.5, 0.6) is 0 Å². The summed E-state index contributed by atoms with van der Waals surface area (Å²) in [5, 5.41) is 3.45. The van der Waals surface area contributed by atoms with Gasteiger partial charge in [0.25, 0.3) is 0 Å². The average molecular weight is 296 g/mol. The van der Waals surface area contributed by atoms with E-state index in [9.17, 15) is 8.42 Å². The summed E-state index contributed by atoms with van der Waals surface area (Å²) in [6.07, 6.45) is 4.72. The molecule has 3 N–H and O–H groups in total. The lowest BCUT2D eigenvalue weighted by atomic mass is 9.93. The maximum absolute atomic E-state index is 11.7. The van der Waals surface area contributed by atoms with Gasteiger partial charge in [0.2, 0.25) is 0 Å². The van der Waals surface area contributed by atoms with Crippen molar-refractivity contribution in [3.05, 3.63) is 18.2 Å². The summed E-state index contributed by atoms with van der Waals surface area (Å²) >= 11 is 0. The molecule has 1 aromatic rings. The Morgan fingerprint density at radius 3 is 2.60 bits per heavy atom. The minimum atomic E-state index is -3.28. The van der Waals surface area contributed by atoms with Crippen LogP contribution in [0.1, 0.15) is 33.1 Å². The largest absolute Gasteiger partial charge is 0.396 e. The topological polar surface area (TPSA) is 72.2 Å². The number of nitrogens with two attached hydrogens (primary N) is 1. The van der Waals surface area contributed by atoms with E-state index in [-0.39, 0.29) is 4.90 Å². The van der Waals surface area contributed by atoms with Crippen LogP contribution in [-0.2, 0) is 9.84 Å². The van der Waals surface area contributed by atoms with Gasteiger partial charge < -0.3 is 11.1 Å². The highest BCUT2D eigenvalue weighted by Gasteiger charge is 2.31. The van der Waals surface area contributed by atoms with Gasteiger partial charge in [0.05, 0.1) is 16.3 Å². The van der Waals surface area contributed by atoms with Crippen LogP contribution in [0.15, 0.2) is 23.1 Å². The lowest BCUT2D eigenvalue weighted by Gasteiger charge is -2.23. The maximum Gasteiger partial charge on any atom is 0.177 e. The molecule has 1 aliphatic rings. The lowest BCUT2D eigenvalue weighted by Crippen LogP contribution is -2.25. The molecule has 0 aliphatic heterocycles. The zero-order valence-corrected chi connectivity index (χ0v) is 13.2. The molecule has 2 rings (SSSR count). The van der Waals surface area contributed by atoms with E-state index in [1.165, 1.54) is 19.1 Å². The minimum absolute atomic E-state index is 0.209. The van der Waals surface area contributed by atoms with Crippen molar-refractivity contribution in [1.29, 1.82) is 0 Å². The fourth-order valence-electron chi connectivity index (χ4n) is 3.22. The van der Waals surface area contributed by atoms with E-state index in [0.29, 0.717) is 17.6 Å². The molecule has 3 unspecified atom stereocenters. The summed E-state index contributed by atoms with van der Waals surface area (Å²) in [6.45, 7) is 4.48. The fraction of sp³-hybridized carbons (Fsp3) is 0.600. The molecule has 112 valence electrons. The summed E-state index contributed by atoms with van der Waals surface area (Å²) in [7, 11) is -3.28. The normalized spacial score (nSPS) is 26.6. The van der Waals surface area contributed by atoms with Gasteiger partial charge in [0, 0.05) is 12.3 Å². The third-order valence-corrected chi connectivity index (χ3v) is 5.71. The van der Waals surface area contributed by atoms with Crippen LogP contribution < -0.4 is 11.1 Å². The van der Waals surface area contributed by atoms with Crippen molar-refractivity contribution in [2.24, 2.45) is 11.8 Å². The molecule has 3 atom stereocenters. The smallest absolute Gasteiger partial charge is 0.177 e. The molecule has 0 saturated heterocycles. The molecule has 0 radical (unpaired) electrons. The third kappa shape index (κ3) is 2.92. The van der Waals surface area contributed by atoms with E-state index in [2.05, 4.69) is 19.2 Å². The van der Waals surface area contributed by atoms with Crippen molar-refractivity contribution in [3.8, 4) is 0 Å². The Morgan fingerprint density at radius 1 is 1.35 bits per heavy atom. The molecule has 0 spiro atoms. The second-order valence-electron chi connectivity index (χ2n) is 5.85. The number of hydrogen-bond acceptors (Lipinski definition) is 4. The maximum atomic E-state index is 11.7. The third-order valence-electron chi connectivity index (χ3n) is 4.56. The summed E-state index contributed by atoms with van der Waals surface area (Å²) < 4.78 is 23.4. The van der Waals surface area contributed by atoms with Crippen LogP contribution in [0.3, 0.4) is 0 Å². The van der Waals surface area contributed by atoms with Crippen molar-refractivity contribution < 1.29 is 8.42 Å². The number of benzene rings is 1. The molecule has 4 nitrogen and oxygen atoms in total. The van der Waals surface area contributed by atoms with Crippen LogP contribution in [0.4, 0.5) is 11.4 Å². The summed E-state index contributed by atoms with van der Waals surface area (Å²) in [5.74, 6) is 1.33. The van der Waals surface area contributed by atoms with E-state index in [1.807, 2.05) is 6.07 Å². The number of hydrogen-bond donors (Lipinski definition) is 2. The van der Waals surface area contributed by atoms with E-state index < -0.39 is 9.84 Å². The molecule has 0 heterocycles. The van der Waals surface area contributed by atoms with Gasteiger partial charge in [-0.1, -0.05) is 26.3 Å². The number of nitrogens with one attached hydrogen (secondary N) is 1. The number of para-hydroxylation sites is 1. The first kappa shape index (κ1) is 15.2. The van der Waals surface area contributed by atoms with Crippen LogP contribution in [-0.4, -0.2) is 20.7 Å². The predicted octanol–water partition coefficient (Wildman–Crippen LogP) is 2.91. The Hall–Kier alpha value is -1.23. The Labute approximate surface area is 121 Å². The van der Waals surface area contributed by atoms with Gasteiger partial charge in [-0.3, -0.25) is 0 Å². The van der Waals surface area contributed by atoms with E-state index in [0.717, 1.165) is 18.0 Å². The molecule has 1 aliphatic carbocycles. The van der Waals surface area contributed by atoms with Crippen LogP contribution in [0.2, 0.25) is 0 Å². The molecule has 0 aromatic heterocycles. The van der Waals surface area contributed by atoms with Gasteiger partial charge in [0.1, 0.15) is 0 Å². The SMILES string of the molecule is CCC1CCC(Nc2cccc(S(C)(=O)=O)c2N)C1C. The van der Waals surface area contributed by atoms with E-state index >= 15 is 0 Å². The molecule has 0 bridgehead atoms. The van der Waals surface area contributed by atoms with E-state index in [4.69, 9.17) is 5.73 Å². The van der Waals surface area contributed by atoms with Crippen LogP contribution in [0, 0.1) is 11.8 Å². The first-order valence-electron chi connectivity index (χ1n) is 7.19. The van der Waals surface area contributed by atoms with Gasteiger partial charge in [-0.05, 0) is 36.8 Å². The van der Waals surface area contributed by atoms with Gasteiger partial charge in [-0.25, -0.2) is 8.42 Å². The van der Waals surface area contributed by atoms with Gasteiger partial charge in [-0.15, -0.1) is 0 Å². The highest BCUT2D eigenvalue weighted by Crippen LogP contribution is 2.37. The number of rotatable bonds is 4. The molecule has 0 amide bonds. The molecular weight excluding hydrogens is 272 g/mol. The van der Waals surface area contributed by atoms with Gasteiger partial charge >= 0.3 is 0 Å². The zero-order valence-electron chi connectivity index (χ0n) is 12.4. The Morgan fingerprint density at radius 2 is 2.05 bits per heavy atom. The zero-order chi connectivity index (χ0) is 14.9. The second kappa shape index (κ2) is 5.64. The first-order valence-corrected chi connectivity index (χ1v) is 9.08. The van der Waals surface area contributed by atoms with Crippen molar-refractivity contribution in [2.45, 2.75) is 44.0 Å². The summed E-state index contributed by atoms with van der Waals surface area (Å²) in [5.41, 5.74) is 7.09. The molecule has 20 heavy (non-hydrogen) atoms. The summed E-state index contributed by atoms with van der Waals surface area (Å²) in [6, 6.07) is 5.53. The molecule has 1 aromatic carbocycles. The van der Waals surface area contributed by atoms with Crippen molar-refractivity contribution >= 4 is 21.2 Å². The second-order valence-corrected chi connectivity index (χ2v) is 7.83. The lowest BCUT2D eigenvalue weighted by molar-refractivity contribution is 0.392. The number of sulfone groups is 1. The Kier molecular flexibility index (Phi) is 4.28. The van der Waals surface area contributed by atoms with Crippen molar-refractivity contribution in [1.82, 2.24) is 0 Å². The van der Waals surface area contributed by atoms with Gasteiger partial charge in [-0.2, -0.15) is 0 Å². The van der Waals surface area contributed by atoms with Crippen molar-refractivity contribution in [3.63, 3.8) is 0 Å². The van der Waals surface area contributed by atoms with Crippen LogP contribution in [0.25, 0.3) is 0 Å². The average Bonchev–Trinajstić information content (AvgIpc) is 2.71. The Balaban J connectivity index is 2.23. The highest BCUT2D eigenvalue weighted by atomic mass is 32.2. The Bertz CT molecular complexity index is 584. The monoisotopic (exact) mass is 296 g/mol. The van der Waals surface area contributed by atoms with Crippen LogP contribution >= 0.6 is 0 Å². The fourth-order valence-corrected chi connectivity index (χ4v) is 4.06. The number of nitrogen functional groups attached to an aromatic ring is 1. The van der Waals surface area contributed by atoms with E-state index in [1.54, 1.807) is 12.1 Å². The summed E-state index contributed by atoms with van der Waals surface area (Å²) in [4.78, 5) is 0.209. The highest BCUT2D eigenvalue weighted by molar-refractivity contribution is 7.90. The molecule has 1 fully saturated rings.